The minimum atomic E-state index is -0.490. The molecule has 0 fully saturated rings. The number of carbonyl (C=O) groups excluding carboxylic acids is 1. The van der Waals surface area contributed by atoms with Crippen LogP contribution in [0.25, 0.3) is 0 Å². The molecule has 4 nitrogen and oxygen atoms in total. The quantitative estimate of drug-likeness (QED) is 0.784. The lowest BCUT2D eigenvalue weighted by atomic mass is 10.0. The van der Waals surface area contributed by atoms with Gasteiger partial charge in [0, 0.05) is 7.11 Å². The number of carbonyl (C=O) groups is 1. The zero-order valence-electron chi connectivity index (χ0n) is 12.0. The Morgan fingerprint density at radius 2 is 2.00 bits per heavy atom. The summed E-state index contributed by atoms with van der Waals surface area (Å²) in [6.45, 7) is 4.29. The zero-order valence-corrected chi connectivity index (χ0v) is 12.0. The summed E-state index contributed by atoms with van der Waals surface area (Å²) in [7, 11) is 1.61. The maximum atomic E-state index is 12.0. The van der Waals surface area contributed by atoms with Crippen LogP contribution in [-0.2, 0) is 16.0 Å². The van der Waals surface area contributed by atoms with Gasteiger partial charge in [0.05, 0.1) is 18.2 Å². The van der Waals surface area contributed by atoms with Crippen LogP contribution in [0.1, 0.15) is 25.8 Å². The van der Waals surface area contributed by atoms with Gasteiger partial charge in [-0.05, 0) is 32.3 Å². The van der Waals surface area contributed by atoms with Gasteiger partial charge in [0.25, 0.3) is 0 Å². The molecule has 0 aromatic heterocycles. The van der Waals surface area contributed by atoms with Gasteiger partial charge in [0.2, 0.25) is 5.91 Å². The first kappa shape index (κ1) is 15.7. The van der Waals surface area contributed by atoms with Gasteiger partial charge in [-0.25, -0.2) is 0 Å². The Balaban J connectivity index is 2.41. The number of nitrogens with one attached hydrogen (secondary N) is 1. The summed E-state index contributed by atoms with van der Waals surface area (Å²) in [4.78, 5) is 12.0. The first-order valence-corrected chi connectivity index (χ1v) is 6.55. The van der Waals surface area contributed by atoms with Gasteiger partial charge in [-0.15, -0.1) is 0 Å². The Labute approximate surface area is 115 Å². The van der Waals surface area contributed by atoms with Crippen LogP contribution in [0.4, 0.5) is 0 Å². The number of rotatable bonds is 7. The molecule has 19 heavy (non-hydrogen) atoms. The molecule has 1 aromatic carbocycles. The molecule has 4 heteroatoms. The van der Waals surface area contributed by atoms with E-state index in [-0.39, 0.29) is 5.91 Å². The highest BCUT2D eigenvalue weighted by Crippen LogP contribution is 2.06. The van der Waals surface area contributed by atoms with E-state index in [0.717, 1.165) is 6.42 Å². The largest absolute Gasteiger partial charge is 0.382 e. The smallest absolute Gasteiger partial charge is 0.237 e. The van der Waals surface area contributed by atoms with Gasteiger partial charge in [-0.2, -0.15) is 0 Å². The summed E-state index contributed by atoms with van der Waals surface area (Å²) in [6, 6.07) is 9.55. The summed E-state index contributed by atoms with van der Waals surface area (Å²) in [5.74, 6) is -0.127. The van der Waals surface area contributed by atoms with Crippen LogP contribution in [0.5, 0.6) is 0 Å². The van der Waals surface area contributed by atoms with Gasteiger partial charge >= 0.3 is 0 Å². The van der Waals surface area contributed by atoms with E-state index in [4.69, 9.17) is 10.5 Å². The number of amides is 1. The highest BCUT2D eigenvalue weighted by molar-refractivity contribution is 5.82. The standard InChI is InChI=1S/C15H24N2O2/c1-15(2,11-19-3)17-14(18)13(16)10-9-12-7-5-4-6-8-12/h4-8,13H,9-11,16H2,1-3H3,(H,17,18)/t13-/m0/s1. The monoisotopic (exact) mass is 264 g/mol. The Hall–Kier alpha value is -1.39. The number of methoxy groups -OCH3 is 1. The van der Waals surface area contributed by atoms with Crippen molar-refractivity contribution >= 4 is 5.91 Å². The number of ether oxygens (including phenoxy) is 1. The number of hydrogen-bond donors (Lipinski definition) is 2. The average molecular weight is 264 g/mol. The van der Waals surface area contributed by atoms with Crippen LogP contribution >= 0.6 is 0 Å². The van der Waals surface area contributed by atoms with Gasteiger partial charge in [0.15, 0.2) is 0 Å². The average Bonchev–Trinajstić information content (AvgIpc) is 2.36. The molecule has 1 amide bonds. The maximum Gasteiger partial charge on any atom is 0.237 e. The molecular weight excluding hydrogens is 240 g/mol. The van der Waals surface area contributed by atoms with Crippen LogP contribution in [0.2, 0.25) is 0 Å². The predicted molar refractivity (Wildman–Crippen MR) is 76.8 cm³/mol. The first-order chi connectivity index (χ1) is 8.94. The summed E-state index contributed by atoms with van der Waals surface area (Å²) in [6.07, 6.45) is 1.44. The molecule has 0 radical (unpaired) electrons. The van der Waals surface area contributed by atoms with Crippen molar-refractivity contribution in [3.63, 3.8) is 0 Å². The third-order valence-electron chi connectivity index (χ3n) is 2.89. The topological polar surface area (TPSA) is 64.3 Å². The lowest BCUT2D eigenvalue weighted by Gasteiger charge is -2.27. The van der Waals surface area contributed by atoms with Crippen molar-refractivity contribution in [2.24, 2.45) is 5.73 Å². The van der Waals surface area contributed by atoms with Crippen molar-refractivity contribution in [2.45, 2.75) is 38.3 Å². The second kappa shape index (κ2) is 7.26. The minimum Gasteiger partial charge on any atom is -0.382 e. The van der Waals surface area contributed by atoms with E-state index in [9.17, 15) is 4.79 Å². The van der Waals surface area contributed by atoms with E-state index in [0.29, 0.717) is 13.0 Å². The Kier molecular flexibility index (Phi) is 5.99. The van der Waals surface area contributed by atoms with E-state index >= 15 is 0 Å². The highest BCUT2D eigenvalue weighted by Gasteiger charge is 2.23. The molecular formula is C15H24N2O2. The second-order valence-corrected chi connectivity index (χ2v) is 5.44. The molecule has 1 rings (SSSR count). The van der Waals surface area contributed by atoms with Crippen LogP contribution in [0.15, 0.2) is 30.3 Å². The van der Waals surface area contributed by atoms with Crippen molar-refractivity contribution < 1.29 is 9.53 Å². The highest BCUT2D eigenvalue weighted by atomic mass is 16.5. The van der Waals surface area contributed by atoms with E-state index in [1.807, 2.05) is 44.2 Å². The Morgan fingerprint density at radius 3 is 2.58 bits per heavy atom. The van der Waals surface area contributed by atoms with Crippen LogP contribution in [-0.4, -0.2) is 31.2 Å². The molecule has 0 aliphatic carbocycles. The third kappa shape index (κ3) is 5.85. The van der Waals surface area contributed by atoms with E-state index in [1.54, 1.807) is 7.11 Å². The maximum absolute atomic E-state index is 12.0. The van der Waals surface area contributed by atoms with Gasteiger partial charge < -0.3 is 15.8 Å². The summed E-state index contributed by atoms with van der Waals surface area (Å²) < 4.78 is 5.06. The van der Waals surface area contributed by atoms with Crippen molar-refractivity contribution in [2.75, 3.05) is 13.7 Å². The number of nitrogens with two attached hydrogens (primary N) is 1. The number of hydrogen-bond acceptors (Lipinski definition) is 3. The van der Waals surface area contributed by atoms with E-state index < -0.39 is 11.6 Å². The zero-order chi connectivity index (χ0) is 14.3. The molecule has 3 N–H and O–H groups in total. The predicted octanol–water partition coefficient (Wildman–Crippen LogP) is 1.49. The summed E-state index contributed by atoms with van der Waals surface area (Å²) >= 11 is 0. The fourth-order valence-corrected chi connectivity index (χ4v) is 1.92. The molecule has 0 aliphatic heterocycles. The van der Waals surface area contributed by atoms with Gasteiger partial charge in [-0.1, -0.05) is 30.3 Å². The van der Waals surface area contributed by atoms with E-state index in [1.165, 1.54) is 5.56 Å². The third-order valence-corrected chi connectivity index (χ3v) is 2.89. The molecule has 0 aliphatic rings. The normalized spacial score (nSPS) is 13.1. The van der Waals surface area contributed by atoms with Crippen molar-refractivity contribution in [3.8, 4) is 0 Å². The minimum absolute atomic E-state index is 0.127. The number of aryl methyl sites for hydroxylation is 1. The first-order valence-electron chi connectivity index (χ1n) is 6.55. The van der Waals surface area contributed by atoms with Gasteiger partial charge in [0.1, 0.15) is 0 Å². The van der Waals surface area contributed by atoms with Crippen LogP contribution in [0.3, 0.4) is 0 Å². The van der Waals surface area contributed by atoms with Crippen molar-refractivity contribution in [1.82, 2.24) is 5.32 Å². The SMILES string of the molecule is COCC(C)(C)NC(=O)[C@@H](N)CCc1ccccc1. The molecule has 106 valence electrons. The molecule has 1 aromatic rings. The molecule has 1 atom stereocenters. The van der Waals surface area contributed by atoms with Crippen LogP contribution in [0, 0.1) is 0 Å². The van der Waals surface area contributed by atoms with Gasteiger partial charge in [-0.3, -0.25) is 4.79 Å². The lowest BCUT2D eigenvalue weighted by Crippen LogP contribution is -2.52. The van der Waals surface area contributed by atoms with Crippen LogP contribution < -0.4 is 11.1 Å². The number of benzene rings is 1. The molecule has 0 saturated carbocycles. The molecule has 0 unspecified atom stereocenters. The molecule has 0 heterocycles. The molecule has 0 saturated heterocycles. The fraction of sp³-hybridized carbons (Fsp3) is 0.533. The van der Waals surface area contributed by atoms with E-state index in [2.05, 4.69) is 5.32 Å². The van der Waals surface area contributed by atoms with Crippen molar-refractivity contribution in [1.29, 1.82) is 0 Å². The second-order valence-electron chi connectivity index (χ2n) is 5.44. The molecule has 0 spiro atoms. The Bertz CT molecular complexity index is 390. The summed E-state index contributed by atoms with van der Waals surface area (Å²) in [5.41, 5.74) is 6.72. The molecule has 0 bridgehead atoms. The fourth-order valence-electron chi connectivity index (χ4n) is 1.92. The lowest BCUT2D eigenvalue weighted by molar-refractivity contribution is -0.124. The van der Waals surface area contributed by atoms with Crippen molar-refractivity contribution in [3.05, 3.63) is 35.9 Å². The summed E-state index contributed by atoms with van der Waals surface area (Å²) in [5, 5.41) is 2.90. The Morgan fingerprint density at radius 1 is 1.37 bits per heavy atom.